The highest BCUT2D eigenvalue weighted by atomic mass is 35.5. The average Bonchev–Trinajstić information content (AvgIpc) is 3.52. The fraction of sp³-hybridized carbons (Fsp3) is 0.500. The lowest BCUT2D eigenvalue weighted by Crippen LogP contribution is -2.49. The van der Waals surface area contributed by atoms with Crippen LogP contribution in [0.3, 0.4) is 0 Å². The molecule has 1 atom stereocenters. The third kappa shape index (κ3) is 5.52. The van der Waals surface area contributed by atoms with E-state index >= 15 is 0 Å². The number of ether oxygens (including phenoxy) is 3. The first-order valence-corrected chi connectivity index (χ1v) is 10.1. The molecule has 0 radical (unpaired) electrons. The number of carbonyl (C=O) groups is 4. The largest absolute Gasteiger partial charge is 0.490 e. The topological polar surface area (TPSA) is 140 Å². The molecule has 1 aromatic carbocycles. The summed E-state index contributed by atoms with van der Waals surface area (Å²) >= 11 is 6.27. The second kappa shape index (κ2) is 10.1. The van der Waals surface area contributed by atoms with E-state index < -0.39 is 29.5 Å². The number of halogens is 1. The minimum absolute atomic E-state index is 0.0782. The summed E-state index contributed by atoms with van der Waals surface area (Å²) in [4.78, 5) is 48.5. The number of hydrogen-bond donors (Lipinski definition) is 2. The Morgan fingerprint density at radius 3 is 2.29 bits per heavy atom. The fourth-order valence-electron chi connectivity index (χ4n) is 3.19. The van der Waals surface area contributed by atoms with E-state index in [1.165, 1.54) is 17.0 Å². The number of rotatable bonds is 12. The van der Waals surface area contributed by atoms with E-state index in [4.69, 9.17) is 30.9 Å². The van der Waals surface area contributed by atoms with Crippen LogP contribution in [-0.4, -0.2) is 72.9 Å². The quantitative estimate of drug-likeness (QED) is 0.355. The van der Waals surface area contributed by atoms with E-state index in [2.05, 4.69) is 0 Å². The Labute approximate surface area is 182 Å². The van der Waals surface area contributed by atoms with E-state index in [9.17, 15) is 24.3 Å². The number of carboxylic acids is 2. The number of nitrogens with zero attached hydrogens (tertiary/aromatic N) is 1. The summed E-state index contributed by atoms with van der Waals surface area (Å²) in [6, 6.07) is 2.69. The lowest BCUT2D eigenvalue weighted by Gasteiger charge is -2.32. The Morgan fingerprint density at radius 2 is 1.68 bits per heavy atom. The number of benzene rings is 1. The number of carbonyl (C=O) groups excluding carboxylic acids is 2. The maximum atomic E-state index is 12.7. The van der Waals surface area contributed by atoms with Crippen LogP contribution in [-0.2, 0) is 23.9 Å². The molecule has 2 aliphatic rings. The Hall–Kier alpha value is -2.69. The van der Waals surface area contributed by atoms with Crippen molar-refractivity contribution in [3.63, 3.8) is 0 Å². The molecule has 0 aromatic heterocycles. The van der Waals surface area contributed by atoms with E-state index in [1.807, 2.05) is 0 Å². The molecule has 1 heterocycles. The summed E-state index contributed by atoms with van der Waals surface area (Å²) in [5.74, 6) is -5.54. The molecule has 1 aliphatic heterocycles. The molecule has 31 heavy (non-hydrogen) atoms. The Balaban J connectivity index is 1.59. The van der Waals surface area contributed by atoms with Crippen LogP contribution in [0.15, 0.2) is 12.1 Å². The standard InChI is InChI=1S/C20H22ClNO9/c21-13-10-14-12(18(25)17(20(27)28)19(26)22(14)11-1-2-11)9-15(13)31-8-7-30-6-5-29-4-3-16(23)24/h9-11,17H,1-8H2,(H,23,24)(H,27,28). The van der Waals surface area contributed by atoms with Gasteiger partial charge in [0.05, 0.1) is 43.6 Å². The van der Waals surface area contributed by atoms with E-state index in [0.29, 0.717) is 5.69 Å². The van der Waals surface area contributed by atoms with Crippen LogP contribution in [0, 0.1) is 5.92 Å². The van der Waals surface area contributed by atoms with Crippen molar-refractivity contribution in [1.82, 2.24) is 0 Å². The zero-order valence-electron chi connectivity index (χ0n) is 16.5. The van der Waals surface area contributed by atoms with E-state index in [0.717, 1.165) is 12.8 Å². The molecule has 1 unspecified atom stereocenters. The van der Waals surface area contributed by atoms with Gasteiger partial charge in [-0.25, -0.2) is 0 Å². The van der Waals surface area contributed by atoms with Crippen molar-refractivity contribution in [2.75, 3.05) is 37.9 Å². The molecule has 10 nitrogen and oxygen atoms in total. The summed E-state index contributed by atoms with van der Waals surface area (Å²) in [5, 5.41) is 18.1. The normalized spacial score (nSPS) is 18.1. The van der Waals surface area contributed by atoms with Crippen LogP contribution >= 0.6 is 11.6 Å². The summed E-state index contributed by atoms with van der Waals surface area (Å²) < 4.78 is 16.0. The fourth-order valence-corrected chi connectivity index (χ4v) is 3.41. The number of carboxylic acid groups (broad SMARTS) is 2. The van der Waals surface area contributed by atoms with Gasteiger partial charge >= 0.3 is 11.9 Å². The highest BCUT2D eigenvalue weighted by Gasteiger charge is 2.48. The van der Waals surface area contributed by atoms with Crippen molar-refractivity contribution >= 4 is 40.9 Å². The SMILES string of the molecule is O=C(O)CCOCCOCCOc1cc2c(cc1Cl)N(C1CC1)C(=O)C(C(=O)O)C2=O. The Kier molecular flexibility index (Phi) is 7.47. The predicted molar refractivity (Wildman–Crippen MR) is 107 cm³/mol. The van der Waals surface area contributed by atoms with E-state index in [-0.39, 0.29) is 61.8 Å². The Morgan fingerprint density at radius 1 is 1.03 bits per heavy atom. The summed E-state index contributed by atoms with van der Waals surface area (Å²) in [6.07, 6.45) is 1.39. The second-order valence-corrected chi connectivity index (χ2v) is 7.50. The van der Waals surface area contributed by atoms with Gasteiger partial charge in [-0.1, -0.05) is 11.6 Å². The van der Waals surface area contributed by atoms with Crippen molar-refractivity contribution in [2.45, 2.75) is 25.3 Å². The first-order chi connectivity index (χ1) is 14.8. The first kappa shape index (κ1) is 23.0. The van der Waals surface area contributed by atoms with Gasteiger partial charge in [-0.15, -0.1) is 0 Å². The lowest BCUT2D eigenvalue weighted by atomic mass is 9.90. The molecule has 3 rings (SSSR count). The van der Waals surface area contributed by atoms with Crippen LogP contribution in [0.2, 0.25) is 5.02 Å². The number of aliphatic carboxylic acids is 2. The van der Waals surface area contributed by atoms with Crippen molar-refractivity contribution in [1.29, 1.82) is 0 Å². The molecule has 11 heteroatoms. The van der Waals surface area contributed by atoms with Crippen molar-refractivity contribution in [3.05, 3.63) is 22.7 Å². The molecular formula is C20H22ClNO9. The number of hydrogen-bond acceptors (Lipinski definition) is 7. The van der Waals surface area contributed by atoms with Gasteiger partial charge in [0, 0.05) is 11.6 Å². The summed E-state index contributed by atoms with van der Waals surface area (Å²) in [5.41, 5.74) is 0.396. The number of Topliss-reactive ketones (excluding diaryl/α,β-unsaturated/α-hetero) is 1. The third-order valence-electron chi connectivity index (χ3n) is 4.80. The van der Waals surface area contributed by atoms with Gasteiger partial charge in [-0.3, -0.25) is 19.2 Å². The summed E-state index contributed by atoms with van der Waals surface area (Å²) in [7, 11) is 0. The second-order valence-electron chi connectivity index (χ2n) is 7.09. The van der Waals surface area contributed by atoms with Crippen molar-refractivity contribution in [2.24, 2.45) is 5.92 Å². The highest BCUT2D eigenvalue weighted by Crippen LogP contribution is 2.43. The number of fused-ring (bicyclic) bond motifs is 1. The van der Waals surface area contributed by atoms with Crippen LogP contribution in [0.25, 0.3) is 0 Å². The smallest absolute Gasteiger partial charge is 0.324 e. The van der Waals surface area contributed by atoms with Gasteiger partial charge in [0.15, 0.2) is 11.7 Å². The van der Waals surface area contributed by atoms with Crippen molar-refractivity contribution < 1.29 is 43.6 Å². The molecule has 1 aliphatic carbocycles. The van der Waals surface area contributed by atoms with Gasteiger partial charge in [0.25, 0.3) is 0 Å². The molecule has 2 N–H and O–H groups in total. The minimum atomic E-state index is -1.77. The van der Waals surface area contributed by atoms with Gasteiger partial charge in [0.1, 0.15) is 12.4 Å². The lowest BCUT2D eigenvalue weighted by molar-refractivity contribution is -0.144. The van der Waals surface area contributed by atoms with Crippen LogP contribution in [0.4, 0.5) is 5.69 Å². The maximum Gasteiger partial charge on any atom is 0.324 e. The Bertz CT molecular complexity index is 884. The van der Waals surface area contributed by atoms with E-state index in [1.54, 1.807) is 0 Å². The van der Waals surface area contributed by atoms with Crippen molar-refractivity contribution in [3.8, 4) is 5.75 Å². The minimum Gasteiger partial charge on any atom is -0.490 e. The predicted octanol–water partition coefficient (Wildman–Crippen LogP) is 1.62. The molecule has 0 spiro atoms. The van der Waals surface area contributed by atoms with Gasteiger partial charge in [0.2, 0.25) is 5.91 Å². The molecule has 1 saturated carbocycles. The zero-order chi connectivity index (χ0) is 22.5. The molecule has 0 bridgehead atoms. The summed E-state index contributed by atoms with van der Waals surface area (Å²) in [6.45, 7) is 0.885. The molecule has 1 fully saturated rings. The van der Waals surface area contributed by atoms with Gasteiger partial charge in [-0.2, -0.15) is 0 Å². The van der Waals surface area contributed by atoms with Crippen LogP contribution < -0.4 is 9.64 Å². The third-order valence-corrected chi connectivity index (χ3v) is 5.09. The van der Waals surface area contributed by atoms with Gasteiger partial charge in [-0.05, 0) is 25.0 Å². The zero-order valence-corrected chi connectivity index (χ0v) is 17.3. The van der Waals surface area contributed by atoms with Gasteiger partial charge < -0.3 is 29.3 Å². The molecular weight excluding hydrogens is 434 g/mol. The average molecular weight is 456 g/mol. The number of ketones is 1. The molecule has 168 valence electrons. The first-order valence-electron chi connectivity index (χ1n) is 9.75. The maximum absolute atomic E-state index is 12.7. The van der Waals surface area contributed by atoms with Crippen LogP contribution in [0.5, 0.6) is 5.75 Å². The number of anilines is 1. The highest BCUT2D eigenvalue weighted by molar-refractivity contribution is 6.35. The molecule has 0 saturated heterocycles. The molecule has 1 amide bonds. The van der Waals surface area contributed by atoms with Crippen LogP contribution in [0.1, 0.15) is 29.6 Å². The molecule has 1 aromatic rings. The monoisotopic (exact) mass is 455 g/mol. The number of amides is 1.